The summed E-state index contributed by atoms with van der Waals surface area (Å²) in [5.41, 5.74) is 0.606. The molecule has 0 aromatic carbocycles. The van der Waals surface area contributed by atoms with Crippen LogP contribution in [0, 0.1) is 5.92 Å². The van der Waals surface area contributed by atoms with E-state index in [2.05, 4.69) is 15.1 Å². The van der Waals surface area contributed by atoms with Gasteiger partial charge in [-0.2, -0.15) is 4.98 Å². The maximum absolute atomic E-state index is 12.8. The molecule has 0 spiro atoms. The Morgan fingerprint density at radius 1 is 1.26 bits per heavy atom. The van der Waals surface area contributed by atoms with Crippen LogP contribution in [0.15, 0.2) is 28.9 Å². The summed E-state index contributed by atoms with van der Waals surface area (Å²) in [4.78, 5) is 34.5. The normalized spacial score (nSPS) is 24.6. The summed E-state index contributed by atoms with van der Waals surface area (Å²) in [6.07, 6.45) is 6.74. The molecule has 2 fully saturated rings. The van der Waals surface area contributed by atoms with E-state index in [-0.39, 0.29) is 18.4 Å². The summed E-state index contributed by atoms with van der Waals surface area (Å²) in [5, 5.41) is 13.5. The van der Waals surface area contributed by atoms with Crippen LogP contribution in [-0.4, -0.2) is 49.1 Å². The molecule has 1 saturated carbocycles. The Hall–Kier alpha value is -2.77. The molecule has 27 heavy (non-hydrogen) atoms. The fourth-order valence-corrected chi connectivity index (χ4v) is 4.34. The maximum atomic E-state index is 12.8. The van der Waals surface area contributed by atoms with E-state index in [1.54, 1.807) is 23.2 Å². The molecule has 1 saturated heterocycles. The largest absolute Gasteiger partial charge is 0.480 e. The highest BCUT2D eigenvalue weighted by atomic mass is 16.5. The highest BCUT2D eigenvalue weighted by molar-refractivity contribution is 5.84. The average molecular weight is 370 g/mol. The summed E-state index contributed by atoms with van der Waals surface area (Å²) in [5.74, 6) is -0.00410. The van der Waals surface area contributed by atoms with Gasteiger partial charge in [0.15, 0.2) is 0 Å². The third-order valence-electron chi connectivity index (χ3n) is 5.58. The van der Waals surface area contributed by atoms with Crippen LogP contribution in [0.5, 0.6) is 0 Å². The minimum absolute atomic E-state index is 0.0547. The molecule has 142 valence electrons. The topological polar surface area (TPSA) is 109 Å². The Morgan fingerprint density at radius 3 is 2.89 bits per heavy atom. The van der Waals surface area contributed by atoms with Crippen molar-refractivity contribution in [2.75, 3.05) is 0 Å². The first-order chi connectivity index (χ1) is 13.1. The summed E-state index contributed by atoms with van der Waals surface area (Å²) in [7, 11) is 0. The number of hydrogen-bond acceptors (Lipinski definition) is 6. The smallest absolute Gasteiger partial charge is 0.326 e. The van der Waals surface area contributed by atoms with E-state index in [1.807, 2.05) is 6.07 Å². The Balaban J connectivity index is 1.42. The third-order valence-corrected chi connectivity index (χ3v) is 5.58. The highest BCUT2D eigenvalue weighted by Gasteiger charge is 2.47. The first-order valence-corrected chi connectivity index (χ1v) is 9.41. The number of carboxylic acids is 1. The van der Waals surface area contributed by atoms with Gasteiger partial charge in [0.05, 0.1) is 0 Å². The van der Waals surface area contributed by atoms with Crippen LogP contribution < -0.4 is 0 Å². The van der Waals surface area contributed by atoms with Crippen molar-refractivity contribution >= 4 is 11.9 Å². The first kappa shape index (κ1) is 17.6. The van der Waals surface area contributed by atoms with E-state index >= 15 is 0 Å². The molecule has 0 radical (unpaired) electrons. The minimum atomic E-state index is -0.909. The van der Waals surface area contributed by atoms with Crippen LogP contribution in [0.25, 0.3) is 11.5 Å². The number of carbonyl (C=O) groups is 2. The quantitative estimate of drug-likeness (QED) is 0.860. The van der Waals surface area contributed by atoms with E-state index in [1.165, 1.54) is 0 Å². The molecule has 1 aliphatic carbocycles. The van der Waals surface area contributed by atoms with Crippen LogP contribution >= 0.6 is 0 Å². The number of aliphatic carboxylic acids is 1. The molecule has 2 aromatic heterocycles. The van der Waals surface area contributed by atoms with E-state index in [4.69, 9.17) is 4.52 Å². The Bertz CT molecular complexity index is 822. The molecular weight excluding hydrogens is 348 g/mol. The highest BCUT2D eigenvalue weighted by Crippen LogP contribution is 2.40. The number of likely N-dealkylation sites (tertiary alicyclic amines) is 1. The number of fused-ring (bicyclic) bond motifs is 1. The van der Waals surface area contributed by atoms with Crippen molar-refractivity contribution in [1.29, 1.82) is 0 Å². The zero-order chi connectivity index (χ0) is 18.8. The van der Waals surface area contributed by atoms with Crippen molar-refractivity contribution in [1.82, 2.24) is 20.0 Å². The standard InChI is InChI=1S/C19H22N4O4/c24-17(23-14-7-2-1-5-12(14)11-15(23)19(25)26)9-8-16-21-18(22-27-16)13-6-3-4-10-20-13/h3-4,6,10,12,14-15H,1-2,5,7-9,11H2,(H,25,26)/t12-,14-,15+/m1/s1. The lowest BCUT2D eigenvalue weighted by Crippen LogP contribution is -2.46. The number of rotatable bonds is 5. The second kappa shape index (κ2) is 7.46. The molecule has 3 atom stereocenters. The van der Waals surface area contributed by atoms with E-state index in [0.717, 1.165) is 25.7 Å². The number of hydrogen-bond donors (Lipinski definition) is 1. The molecule has 4 rings (SSSR count). The van der Waals surface area contributed by atoms with Crippen molar-refractivity contribution in [3.05, 3.63) is 30.3 Å². The Morgan fingerprint density at radius 2 is 2.11 bits per heavy atom. The summed E-state index contributed by atoms with van der Waals surface area (Å²) < 4.78 is 5.22. The van der Waals surface area contributed by atoms with Crippen molar-refractivity contribution in [3.63, 3.8) is 0 Å². The molecule has 2 aliphatic rings. The number of carbonyl (C=O) groups excluding carboxylic acids is 1. The van der Waals surface area contributed by atoms with Crippen LogP contribution in [0.3, 0.4) is 0 Å². The average Bonchev–Trinajstić information content (AvgIpc) is 3.32. The summed E-state index contributed by atoms with van der Waals surface area (Å²) >= 11 is 0. The lowest BCUT2D eigenvalue weighted by atomic mass is 9.84. The summed E-state index contributed by atoms with van der Waals surface area (Å²) in [6, 6.07) is 4.76. The molecule has 1 amide bonds. The van der Waals surface area contributed by atoms with Crippen LogP contribution in [0.2, 0.25) is 0 Å². The maximum Gasteiger partial charge on any atom is 0.326 e. The van der Waals surface area contributed by atoms with Gasteiger partial charge in [-0.3, -0.25) is 9.78 Å². The second-order valence-corrected chi connectivity index (χ2v) is 7.23. The number of pyridine rings is 1. The third kappa shape index (κ3) is 3.56. The van der Waals surface area contributed by atoms with Crippen molar-refractivity contribution < 1.29 is 19.2 Å². The van der Waals surface area contributed by atoms with Crippen LogP contribution in [-0.2, 0) is 16.0 Å². The lowest BCUT2D eigenvalue weighted by Gasteiger charge is -2.33. The van der Waals surface area contributed by atoms with Gasteiger partial charge in [0.25, 0.3) is 0 Å². The number of aromatic nitrogens is 3. The Kier molecular flexibility index (Phi) is 4.87. The molecule has 0 bridgehead atoms. The summed E-state index contributed by atoms with van der Waals surface area (Å²) in [6.45, 7) is 0. The van der Waals surface area contributed by atoms with Gasteiger partial charge < -0.3 is 14.5 Å². The molecular formula is C19H22N4O4. The predicted molar refractivity (Wildman–Crippen MR) is 94.5 cm³/mol. The fraction of sp³-hybridized carbons (Fsp3) is 0.526. The van der Waals surface area contributed by atoms with E-state index in [9.17, 15) is 14.7 Å². The Labute approximate surface area is 156 Å². The van der Waals surface area contributed by atoms with Crippen molar-refractivity contribution in [2.45, 2.75) is 57.0 Å². The van der Waals surface area contributed by atoms with E-state index in [0.29, 0.717) is 36.2 Å². The first-order valence-electron chi connectivity index (χ1n) is 9.41. The molecule has 8 nitrogen and oxygen atoms in total. The molecule has 1 N–H and O–H groups in total. The zero-order valence-corrected chi connectivity index (χ0v) is 15.0. The van der Waals surface area contributed by atoms with Crippen LogP contribution in [0.4, 0.5) is 0 Å². The minimum Gasteiger partial charge on any atom is -0.480 e. The zero-order valence-electron chi connectivity index (χ0n) is 15.0. The van der Waals surface area contributed by atoms with Crippen molar-refractivity contribution in [3.8, 4) is 11.5 Å². The number of carboxylic acid groups (broad SMARTS) is 1. The van der Waals surface area contributed by atoms with Gasteiger partial charge >= 0.3 is 5.97 Å². The molecule has 1 aliphatic heterocycles. The predicted octanol–water partition coefficient (Wildman–Crippen LogP) is 2.31. The molecule has 3 heterocycles. The van der Waals surface area contributed by atoms with Gasteiger partial charge in [-0.05, 0) is 37.3 Å². The fourth-order valence-electron chi connectivity index (χ4n) is 4.34. The van der Waals surface area contributed by atoms with Gasteiger partial charge in [-0.15, -0.1) is 0 Å². The van der Waals surface area contributed by atoms with Gasteiger partial charge in [0.1, 0.15) is 11.7 Å². The van der Waals surface area contributed by atoms with Crippen molar-refractivity contribution in [2.24, 2.45) is 5.92 Å². The number of amides is 1. The van der Waals surface area contributed by atoms with Gasteiger partial charge in [0, 0.05) is 25.1 Å². The van der Waals surface area contributed by atoms with Gasteiger partial charge in [-0.1, -0.05) is 24.1 Å². The monoisotopic (exact) mass is 370 g/mol. The molecule has 0 unspecified atom stereocenters. The van der Waals surface area contributed by atoms with E-state index < -0.39 is 12.0 Å². The lowest BCUT2D eigenvalue weighted by molar-refractivity contribution is -0.149. The SMILES string of the molecule is O=C(O)[C@@H]1C[C@H]2CCCC[C@H]2N1C(=O)CCc1nc(-c2ccccn2)no1. The van der Waals surface area contributed by atoms with Gasteiger partial charge in [-0.25, -0.2) is 4.79 Å². The number of aryl methyl sites for hydroxylation is 1. The second-order valence-electron chi connectivity index (χ2n) is 7.23. The molecule has 8 heteroatoms. The number of nitrogens with zero attached hydrogens (tertiary/aromatic N) is 4. The van der Waals surface area contributed by atoms with Crippen LogP contribution in [0.1, 0.15) is 44.4 Å². The molecule has 2 aromatic rings. The van der Waals surface area contributed by atoms with Gasteiger partial charge in [0.2, 0.25) is 17.6 Å².